The van der Waals surface area contributed by atoms with Crippen molar-refractivity contribution in [3.05, 3.63) is 29.8 Å². The van der Waals surface area contributed by atoms with Crippen LogP contribution in [0.25, 0.3) is 0 Å². The summed E-state index contributed by atoms with van der Waals surface area (Å²) in [4.78, 5) is 11.2. The van der Waals surface area contributed by atoms with E-state index in [4.69, 9.17) is 11.2 Å². The number of hydrogen-bond acceptors (Lipinski definition) is 2. The Kier molecular flexibility index (Phi) is 4.94. The fraction of sp³-hybridized carbons (Fsp3) is 0.308. The van der Waals surface area contributed by atoms with Gasteiger partial charge in [0.2, 0.25) is 0 Å². The number of benzene rings is 1. The fourth-order valence-electron chi connectivity index (χ4n) is 1.20. The lowest BCUT2D eigenvalue weighted by Crippen LogP contribution is -2.29. The zero-order chi connectivity index (χ0) is 11.8. The van der Waals surface area contributed by atoms with Gasteiger partial charge in [-0.3, -0.25) is 4.79 Å². The van der Waals surface area contributed by atoms with Crippen molar-refractivity contribution in [1.29, 1.82) is 0 Å². The molecule has 3 nitrogen and oxygen atoms in total. The SMILES string of the molecule is C#CCNC(=O)COc1cccc(CC)c1. The average Bonchev–Trinajstić information content (AvgIpc) is 2.34. The molecular formula is C13H15NO2. The van der Waals surface area contributed by atoms with Crippen LogP contribution in [0.2, 0.25) is 0 Å². The maximum Gasteiger partial charge on any atom is 0.258 e. The van der Waals surface area contributed by atoms with Crippen molar-refractivity contribution in [3.63, 3.8) is 0 Å². The van der Waals surface area contributed by atoms with E-state index in [2.05, 4.69) is 18.2 Å². The molecule has 0 aliphatic heterocycles. The lowest BCUT2D eigenvalue weighted by molar-refractivity contribution is -0.122. The molecule has 0 saturated heterocycles. The predicted octanol–water partition coefficient (Wildman–Crippen LogP) is 1.38. The van der Waals surface area contributed by atoms with Crippen molar-refractivity contribution in [1.82, 2.24) is 5.32 Å². The van der Waals surface area contributed by atoms with E-state index in [1.54, 1.807) is 0 Å². The van der Waals surface area contributed by atoms with E-state index in [-0.39, 0.29) is 19.1 Å². The maximum atomic E-state index is 11.2. The van der Waals surface area contributed by atoms with Gasteiger partial charge in [0.15, 0.2) is 6.61 Å². The molecule has 16 heavy (non-hydrogen) atoms. The number of ether oxygens (including phenoxy) is 1. The summed E-state index contributed by atoms with van der Waals surface area (Å²) in [5.41, 5.74) is 1.18. The van der Waals surface area contributed by atoms with Gasteiger partial charge in [0, 0.05) is 0 Å². The zero-order valence-corrected chi connectivity index (χ0v) is 9.32. The predicted molar refractivity (Wildman–Crippen MR) is 63.2 cm³/mol. The topological polar surface area (TPSA) is 38.3 Å². The molecule has 1 aromatic carbocycles. The average molecular weight is 217 g/mol. The third-order valence-electron chi connectivity index (χ3n) is 2.06. The van der Waals surface area contributed by atoms with Gasteiger partial charge < -0.3 is 10.1 Å². The highest BCUT2D eigenvalue weighted by molar-refractivity contribution is 5.77. The first kappa shape index (κ1) is 12.1. The standard InChI is InChI=1S/C13H15NO2/c1-3-8-14-13(15)10-16-12-7-5-6-11(4-2)9-12/h1,5-7,9H,4,8,10H2,2H3,(H,14,15). The zero-order valence-electron chi connectivity index (χ0n) is 9.32. The number of nitrogens with one attached hydrogen (secondary N) is 1. The highest BCUT2D eigenvalue weighted by Crippen LogP contribution is 2.13. The molecule has 0 atom stereocenters. The lowest BCUT2D eigenvalue weighted by atomic mass is 10.2. The molecule has 1 N–H and O–H groups in total. The van der Waals surface area contributed by atoms with Crippen molar-refractivity contribution in [2.75, 3.05) is 13.2 Å². The number of carbonyl (C=O) groups is 1. The Labute approximate surface area is 95.8 Å². The fourth-order valence-corrected chi connectivity index (χ4v) is 1.20. The van der Waals surface area contributed by atoms with Crippen molar-refractivity contribution < 1.29 is 9.53 Å². The molecule has 1 aromatic rings. The molecule has 1 amide bonds. The van der Waals surface area contributed by atoms with Gasteiger partial charge in [0.05, 0.1) is 6.54 Å². The summed E-state index contributed by atoms with van der Waals surface area (Å²) in [6.45, 7) is 2.30. The summed E-state index contributed by atoms with van der Waals surface area (Å²) in [6.07, 6.45) is 5.96. The highest BCUT2D eigenvalue weighted by Gasteiger charge is 2.01. The molecule has 0 radical (unpaired) electrons. The Morgan fingerprint density at radius 3 is 3.06 bits per heavy atom. The number of rotatable bonds is 5. The maximum absolute atomic E-state index is 11.2. The Morgan fingerprint density at radius 1 is 1.56 bits per heavy atom. The monoisotopic (exact) mass is 217 g/mol. The number of hydrogen-bond donors (Lipinski definition) is 1. The van der Waals surface area contributed by atoms with Crippen molar-refractivity contribution in [2.24, 2.45) is 0 Å². The Hall–Kier alpha value is -1.95. The van der Waals surface area contributed by atoms with Crippen LogP contribution in [-0.2, 0) is 11.2 Å². The van der Waals surface area contributed by atoms with E-state index in [0.29, 0.717) is 5.75 Å². The Balaban J connectivity index is 2.42. The lowest BCUT2D eigenvalue weighted by Gasteiger charge is -2.06. The molecule has 0 heterocycles. The van der Waals surface area contributed by atoms with Crippen LogP contribution < -0.4 is 10.1 Å². The minimum atomic E-state index is -0.208. The molecule has 3 heteroatoms. The summed E-state index contributed by atoms with van der Waals surface area (Å²) in [5, 5.41) is 2.53. The van der Waals surface area contributed by atoms with Crippen LogP contribution in [0.3, 0.4) is 0 Å². The Morgan fingerprint density at radius 2 is 2.38 bits per heavy atom. The molecule has 0 bridgehead atoms. The van der Waals surface area contributed by atoms with Crippen molar-refractivity contribution >= 4 is 5.91 Å². The molecule has 0 fully saturated rings. The van der Waals surface area contributed by atoms with E-state index in [0.717, 1.165) is 6.42 Å². The highest BCUT2D eigenvalue weighted by atomic mass is 16.5. The van der Waals surface area contributed by atoms with Crippen LogP contribution >= 0.6 is 0 Å². The molecule has 0 aliphatic rings. The summed E-state index contributed by atoms with van der Waals surface area (Å²) in [5.74, 6) is 2.82. The van der Waals surface area contributed by atoms with Crippen LogP contribution in [0.15, 0.2) is 24.3 Å². The first-order valence-corrected chi connectivity index (χ1v) is 5.18. The summed E-state index contributed by atoms with van der Waals surface area (Å²) in [7, 11) is 0. The molecule has 1 rings (SSSR count). The second-order valence-corrected chi connectivity index (χ2v) is 3.27. The largest absolute Gasteiger partial charge is 0.484 e. The molecule has 0 aromatic heterocycles. The summed E-state index contributed by atoms with van der Waals surface area (Å²) in [6, 6.07) is 7.68. The van der Waals surface area contributed by atoms with Gasteiger partial charge in [0.1, 0.15) is 5.75 Å². The minimum absolute atomic E-state index is 0.00511. The van der Waals surface area contributed by atoms with Gasteiger partial charge in [-0.1, -0.05) is 25.0 Å². The quantitative estimate of drug-likeness (QED) is 0.757. The number of carbonyl (C=O) groups excluding carboxylic acids is 1. The van der Waals surface area contributed by atoms with Crippen LogP contribution in [0, 0.1) is 12.3 Å². The summed E-state index contributed by atoms with van der Waals surface area (Å²) >= 11 is 0. The normalized spacial score (nSPS) is 9.25. The molecule has 0 aliphatic carbocycles. The first-order chi connectivity index (χ1) is 7.76. The van der Waals surface area contributed by atoms with Gasteiger partial charge in [0.25, 0.3) is 5.91 Å². The molecule has 84 valence electrons. The van der Waals surface area contributed by atoms with Crippen molar-refractivity contribution in [3.8, 4) is 18.1 Å². The minimum Gasteiger partial charge on any atom is -0.484 e. The second kappa shape index (κ2) is 6.52. The summed E-state index contributed by atoms with van der Waals surface area (Å²) < 4.78 is 5.33. The van der Waals surface area contributed by atoms with Crippen LogP contribution in [-0.4, -0.2) is 19.1 Å². The van der Waals surface area contributed by atoms with Crippen LogP contribution in [0.4, 0.5) is 0 Å². The third-order valence-corrected chi connectivity index (χ3v) is 2.06. The number of amides is 1. The van der Waals surface area contributed by atoms with E-state index in [1.807, 2.05) is 24.3 Å². The molecule has 0 unspecified atom stereocenters. The van der Waals surface area contributed by atoms with Crippen LogP contribution in [0.5, 0.6) is 5.75 Å². The smallest absolute Gasteiger partial charge is 0.258 e. The second-order valence-electron chi connectivity index (χ2n) is 3.27. The molecule has 0 saturated carbocycles. The Bertz CT molecular complexity index is 393. The molecular weight excluding hydrogens is 202 g/mol. The van der Waals surface area contributed by atoms with E-state index < -0.39 is 0 Å². The van der Waals surface area contributed by atoms with Gasteiger partial charge in [-0.25, -0.2) is 0 Å². The first-order valence-electron chi connectivity index (χ1n) is 5.18. The van der Waals surface area contributed by atoms with E-state index in [9.17, 15) is 4.79 Å². The third kappa shape index (κ3) is 4.05. The van der Waals surface area contributed by atoms with E-state index >= 15 is 0 Å². The number of aryl methyl sites for hydroxylation is 1. The van der Waals surface area contributed by atoms with Gasteiger partial charge >= 0.3 is 0 Å². The van der Waals surface area contributed by atoms with Crippen LogP contribution in [0.1, 0.15) is 12.5 Å². The van der Waals surface area contributed by atoms with Gasteiger partial charge in [-0.05, 0) is 24.1 Å². The van der Waals surface area contributed by atoms with E-state index in [1.165, 1.54) is 5.56 Å². The van der Waals surface area contributed by atoms with Gasteiger partial charge in [-0.15, -0.1) is 6.42 Å². The molecule has 0 spiro atoms. The van der Waals surface area contributed by atoms with Crippen molar-refractivity contribution in [2.45, 2.75) is 13.3 Å². The number of terminal acetylenes is 1. The van der Waals surface area contributed by atoms with Gasteiger partial charge in [-0.2, -0.15) is 0 Å².